The Morgan fingerprint density at radius 1 is 1.20 bits per heavy atom. The molecule has 7 nitrogen and oxygen atoms in total. The van der Waals surface area contributed by atoms with Crippen molar-refractivity contribution < 1.29 is 14.7 Å². The summed E-state index contributed by atoms with van der Waals surface area (Å²) in [5.74, 6) is -0.808. The van der Waals surface area contributed by atoms with Crippen LogP contribution in [0.15, 0.2) is 0 Å². The smallest absolute Gasteiger partial charge is 0.320 e. The fourth-order valence-corrected chi connectivity index (χ4v) is 2.70. The van der Waals surface area contributed by atoms with Crippen LogP contribution in [0.4, 0.5) is 4.79 Å². The van der Waals surface area contributed by atoms with Gasteiger partial charge in [-0.25, -0.2) is 4.79 Å². The van der Waals surface area contributed by atoms with E-state index in [0.29, 0.717) is 26.2 Å². The van der Waals surface area contributed by atoms with Gasteiger partial charge in [0, 0.05) is 32.2 Å². The molecule has 2 amide bonds. The Kier molecular flexibility index (Phi) is 5.19. The number of nitrogens with one attached hydrogen (secondary N) is 2. The summed E-state index contributed by atoms with van der Waals surface area (Å²) >= 11 is 0. The van der Waals surface area contributed by atoms with Crippen LogP contribution >= 0.6 is 0 Å². The van der Waals surface area contributed by atoms with E-state index >= 15 is 0 Å². The van der Waals surface area contributed by atoms with E-state index in [1.54, 1.807) is 11.8 Å². The van der Waals surface area contributed by atoms with Crippen LogP contribution in [0.25, 0.3) is 0 Å². The Hall–Kier alpha value is -1.34. The summed E-state index contributed by atoms with van der Waals surface area (Å²) in [6.07, 6.45) is 1.95. The molecule has 2 fully saturated rings. The van der Waals surface area contributed by atoms with Gasteiger partial charge in [0.25, 0.3) is 0 Å². The second-order valence-electron chi connectivity index (χ2n) is 5.51. The Morgan fingerprint density at radius 3 is 2.35 bits per heavy atom. The van der Waals surface area contributed by atoms with Crippen molar-refractivity contribution in [3.63, 3.8) is 0 Å². The molecule has 0 aliphatic carbocycles. The predicted molar refractivity (Wildman–Crippen MR) is 74.7 cm³/mol. The maximum atomic E-state index is 12.1. The van der Waals surface area contributed by atoms with Gasteiger partial charge in [-0.3, -0.25) is 9.69 Å². The Labute approximate surface area is 119 Å². The first kappa shape index (κ1) is 15.1. The molecule has 2 aliphatic rings. The normalized spacial score (nSPS) is 23.4. The zero-order valence-electron chi connectivity index (χ0n) is 12.0. The molecule has 2 aliphatic heterocycles. The minimum Gasteiger partial charge on any atom is -0.480 e. The number of carboxylic acid groups (broad SMARTS) is 1. The molecule has 7 heteroatoms. The number of carboxylic acids is 1. The second kappa shape index (κ2) is 6.90. The number of hydrogen-bond donors (Lipinski definition) is 3. The first-order valence-corrected chi connectivity index (χ1v) is 7.31. The van der Waals surface area contributed by atoms with Crippen molar-refractivity contribution >= 4 is 12.0 Å². The molecule has 0 aromatic heterocycles. The van der Waals surface area contributed by atoms with Crippen LogP contribution in [-0.2, 0) is 4.79 Å². The molecule has 20 heavy (non-hydrogen) atoms. The molecular weight excluding hydrogens is 260 g/mol. The van der Waals surface area contributed by atoms with Crippen LogP contribution in [0.1, 0.15) is 19.8 Å². The lowest BCUT2D eigenvalue weighted by atomic mass is 10.1. The van der Waals surface area contributed by atoms with Gasteiger partial charge >= 0.3 is 12.0 Å². The first-order valence-electron chi connectivity index (χ1n) is 7.31. The van der Waals surface area contributed by atoms with Crippen molar-refractivity contribution in [1.82, 2.24) is 20.4 Å². The van der Waals surface area contributed by atoms with Gasteiger partial charge in [-0.2, -0.15) is 0 Å². The molecule has 0 radical (unpaired) electrons. The highest BCUT2D eigenvalue weighted by Crippen LogP contribution is 2.08. The van der Waals surface area contributed by atoms with Gasteiger partial charge in [0.05, 0.1) is 0 Å². The van der Waals surface area contributed by atoms with E-state index in [9.17, 15) is 9.59 Å². The third kappa shape index (κ3) is 3.83. The molecular formula is C13H24N4O3. The van der Waals surface area contributed by atoms with Crippen molar-refractivity contribution in [2.24, 2.45) is 0 Å². The van der Waals surface area contributed by atoms with Gasteiger partial charge in [0.2, 0.25) is 0 Å². The lowest BCUT2D eigenvalue weighted by Gasteiger charge is -2.37. The maximum absolute atomic E-state index is 12.1. The van der Waals surface area contributed by atoms with E-state index < -0.39 is 12.0 Å². The number of nitrogens with zero attached hydrogens (tertiary/aromatic N) is 2. The van der Waals surface area contributed by atoms with Gasteiger partial charge in [-0.1, -0.05) is 0 Å². The van der Waals surface area contributed by atoms with Crippen LogP contribution < -0.4 is 10.6 Å². The van der Waals surface area contributed by atoms with Crippen LogP contribution in [-0.4, -0.2) is 78.3 Å². The molecule has 1 atom stereocenters. The zero-order valence-corrected chi connectivity index (χ0v) is 12.0. The van der Waals surface area contributed by atoms with Gasteiger partial charge in [0.1, 0.15) is 6.04 Å². The summed E-state index contributed by atoms with van der Waals surface area (Å²) < 4.78 is 0. The highest BCUT2D eigenvalue weighted by Gasteiger charge is 2.28. The van der Waals surface area contributed by atoms with Crippen molar-refractivity contribution in [3.8, 4) is 0 Å². The van der Waals surface area contributed by atoms with E-state index in [1.807, 2.05) is 4.90 Å². The highest BCUT2D eigenvalue weighted by molar-refractivity contribution is 5.75. The summed E-state index contributed by atoms with van der Waals surface area (Å²) in [6.45, 7) is 6.01. The molecule has 2 rings (SSSR count). The van der Waals surface area contributed by atoms with Crippen molar-refractivity contribution in [2.45, 2.75) is 31.8 Å². The SMILES string of the molecule is CC(C(=O)O)N1CCN(C(=O)NC2CCNCC2)CC1. The third-order valence-corrected chi connectivity index (χ3v) is 4.17. The molecule has 0 saturated carbocycles. The lowest BCUT2D eigenvalue weighted by molar-refractivity contribution is -0.143. The Morgan fingerprint density at radius 2 is 1.80 bits per heavy atom. The summed E-state index contributed by atoms with van der Waals surface area (Å²) in [7, 11) is 0. The number of urea groups is 1. The van der Waals surface area contributed by atoms with Gasteiger partial charge in [-0.15, -0.1) is 0 Å². The molecule has 2 heterocycles. The van der Waals surface area contributed by atoms with Crippen LogP contribution in [0, 0.1) is 0 Å². The molecule has 114 valence electrons. The molecule has 1 unspecified atom stereocenters. The quantitative estimate of drug-likeness (QED) is 0.653. The minimum absolute atomic E-state index is 0.0143. The van der Waals surface area contributed by atoms with E-state index in [2.05, 4.69) is 10.6 Å². The van der Waals surface area contributed by atoms with Crippen molar-refractivity contribution in [3.05, 3.63) is 0 Å². The van der Waals surface area contributed by atoms with Crippen LogP contribution in [0.5, 0.6) is 0 Å². The monoisotopic (exact) mass is 284 g/mol. The average molecular weight is 284 g/mol. The van der Waals surface area contributed by atoms with Gasteiger partial charge < -0.3 is 20.6 Å². The van der Waals surface area contributed by atoms with E-state index in [4.69, 9.17) is 5.11 Å². The molecule has 0 bridgehead atoms. The number of piperidine rings is 1. The average Bonchev–Trinajstić information content (AvgIpc) is 2.47. The third-order valence-electron chi connectivity index (χ3n) is 4.17. The number of carbonyl (C=O) groups is 2. The fraction of sp³-hybridized carbons (Fsp3) is 0.846. The van der Waals surface area contributed by atoms with Crippen LogP contribution in [0.3, 0.4) is 0 Å². The number of piperazine rings is 1. The number of aliphatic carboxylic acids is 1. The standard InChI is InChI=1S/C13H24N4O3/c1-10(12(18)19)16-6-8-17(9-7-16)13(20)15-11-2-4-14-5-3-11/h10-11,14H,2-9H2,1H3,(H,15,20)(H,18,19). The largest absolute Gasteiger partial charge is 0.480 e. The fourth-order valence-electron chi connectivity index (χ4n) is 2.70. The van der Waals surface area contributed by atoms with E-state index in [-0.39, 0.29) is 12.1 Å². The number of rotatable bonds is 3. The molecule has 0 aromatic rings. The Balaban J connectivity index is 1.75. The summed E-state index contributed by atoms with van der Waals surface area (Å²) in [5.41, 5.74) is 0. The zero-order chi connectivity index (χ0) is 14.5. The lowest BCUT2D eigenvalue weighted by Crippen LogP contribution is -2.56. The number of amides is 2. The molecule has 0 aromatic carbocycles. The maximum Gasteiger partial charge on any atom is 0.320 e. The number of hydrogen-bond acceptors (Lipinski definition) is 4. The predicted octanol–water partition coefficient (Wildman–Crippen LogP) is -0.461. The topological polar surface area (TPSA) is 84.9 Å². The first-order chi connectivity index (χ1) is 9.58. The summed E-state index contributed by atoms with van der Waals surface area (Å²) in [5, 5.41) is 15.3. The molecule has 0 spiro atoms. The van der Waals surface area contributed by atoms with Gasteiger partial charge in [-0.05, 0) is 32.9 Å². The van der Waals surface area contributed by atoms with Gasteiger partial charge in [0.15, 0.2) is 0 Å². The molecule has 2 saturated heterocycles. The highest BCUT2D eigenvalue weighted by atomic mass is 16.4. The number of carbonyl (C=O) groups excluding carboxylic acids is 1. The molecule has 3 N–H and O–H groups in total. The summed E-state index contributed by atoms with van der Waals surface area (Å²) in [4.78, 5) is 26.8. The van der Waals surface area contributed by atoms with E-state index in [0.717, 1.165) is 25.9 Å². The van der Waals surface area contributed by atoms with E-state index in [1.165, 1.54) is 0 Å². The second-order valence-corrected chi connectivity index (χ2v) is 5.51. The van der Waals surface area contributed by atoms with Crippen molar-refractivity contribution in [2.75, 3.05) is 39.3 Å². The Bertz CT molecular complexity index is 350. The van der Waals surface area contributed by atoms with Crippen molar-refractivity contribution in [1.29, 1.82) is 0 Å². The minimum atomic E-state index is -0.808. The van der Waals surface area contributed by atoms with Crippen LogP contribution in [0.2, 0.25) is 0 Å². The summed E-state index contributed by atoms with van der Waals surface area (Å²) in [6, 6.07) is -0.233.